The Kier molecular flexibility index (Phi) is 5.80. The summed E-state index contributed by atoms with van der Waals surface area (Å²) in [6.45, 7) is 1.63. The average molecular weight is 390 g/mol. The maximum absolute atomic E-state index is 14.4. The standard InChI is InChI=1S/C25H23FO3/c1-2-11-29-25(9-12-27-13-10-25)22-15-23(26)17-24(16-22)28-18-19-7-8-20-5-3-4-6-21(20)14-19/h1,3-8,14-17H,9-13,18H2. The molecule has 1 fully saturated rings. The highest BCUT2D eigenvalue weighted by atomic mass is 19.1. The Morgan fingerprint density at radius 2 is 1.79 bits per heavy atom. The summed E-state index contributed by atoms with van der Waals surface area (Å²) in [7, 11) is 0. The van der Waals surface area contributed by atoms with Crippen molar-refractivity contribution in [1.29, 1.82) is 0 Å². The molecule has 1 saturated heterocycles. The van der Waals surface area contributed by atoms with Crippen molar-refractivity contribution in [3.63, 3.8) is 0 Å². The van der Waals surface area contributed by atoms with Crippen LogP contribution in [0.25, 0.3) is 10.8 Å². The molecule has 0 amide bonds. The molecule has 1 heterocycles. The van der Waals surface area contributed by atoms with E-state index in [0.717, 1.165) is 16.5 Å². The lowest BCUT2D eigenvalue weighted by Gasteiger charge is -2.37. The third kappa shape index (κ3) is 4.42. The van der Waals surface area contributed by atoms with Crippen LogP contribution in [-0.2, 0) is 21.7 Å². The van der Waals surface area contributed by atoms with Crippen LogP contribution in [0.4, 0.5) is 4.39 Å². The summed E-state index contributed by atoms with van der Waals surface area (Å²) in [5.41, 5.74) is 1.12. The Balaban J connectivity index is 1.56. The minimum Gasteiger partial charge on any atom is -0.489 e. The zero-order valence-electron chi connectivity index (χ0n) is 16.2. The molecule has 3 aromatic rings. The molecule has 4 heteroatoms. The van der Waals surface area contributed by atoms with Gasteiger partial charge >= 0.3 is 0 Å². The van der Waals surface area contributed by atoms with Crippen molar-refractivity contribution in [3.8, 4) is 18.1 Å². The van der Waals surface area contributed by atoms with Crippen molar-refractivity contribution >= 4 is 10.8 Å². The monoisotopic (exact) mass is 390 g/mol. The van der Waals surface area contributed by atoms with E-state index in [1.807, 2.05) is 24.3 Å². The molecule has 0 atom stereocenters. The van der Waals surface area contributed by atoms with Crippen molar-refractivity contribution in [2.24, 2.45) is 0 Å². The number of terminal acetylenes is 1. The van der Waals surface area contributed by atoms with Gasteiger partial charge in [-0.2, -0.15) is 0 Å². The van der Waals surface area contributed by atoms with E-state index in [1.54, 1.807) is 0 Å². The molecule has 1 aliphatic rings. The number of benzene rings is 3. The number of hydrogen-bond donors (Lipinski definition) is 0. The Bertz CT molecular complexity index is 1030. The van der Waals surface area contributed by atoms with Gasteiger partial charge in [0, 0.05) is 32.1 Å². The van der Waals surface area contributed by atoms with E-state index in [4.69, 9.17) is 20.6 Å². The van der Waals surface area contributed by atoms with Crippen molar-refractivity contribution in [1.82, 2.24) is 0 Å². The summed E-state index contributed by atoms with van der Waals surface area (Å²) < 4.78 is 31.8. The lowest BCUT2D eigenvalue weighted by molar-refractivity contribution is -0.106. The minimum atomic E-state index is -0.645. The molecule has 0 radical (unpaired) electrons. The third-order valence-electron chi connectivity index (χ3n) is 5.35. The smallest absolute Gasteiger partial charge is 0.127 e. The van der Waals surface area contributed by atoms with Crippen LogP contribution in [0.1, 0.15) is 24.0 Å². The number of ether oxygens (including phenoxy) is 3. The zero-order valence-corrected chi connectivity index (χ0v) is 16.2. The molecule has 148 valence electrons. The van der Waals surface area contributed by atoms with Gasteiger partial charge in [0.15, 0.2) is 0 Å². The van der Waals surface area contributed by atoms with E-state index in [0.29, 0.717) is 38.4 Å². The van der Waals surface area contributed by atoms with E-state index < -0.39 is 5.60 Å². The highest BCUT2D eigenvalue weighted by Gasteiger charge is 2.36. The van der Waals surface area contributed by atoms with Crippen LogP contribution in [0.15, 0.2) is 60.7 Å². The second-order valence-electron chi connectivity index (χ2n) is 7.25. The Morgan fingerprint density at radius 3 is 2.59 bits per heavy atom. The zero-order chi connectivity index (χ0) is 20.1. The van der Waals surface area contributed by atoms with Gasteiger partial charge in [-0.15, -0.1) is 6.42 Å². The van der Waals surface area contributed by atoms with Crippen LogP contribution < -0.4 is 4.74 Å². The van der Waals surface area contributed by atoms with E-state index in [9.17, 15) is 4.39 Å². The first-order valence-electron chi connectivity index (χ1n) is 9.75. The summed E-state index contributed by atoms with van der Waals surface area (Å²) >= 11 is 0. The van der Waals surface area contributed by atoms with Gasteiger partial charge in [0.1, 0.15) is 24.8 Å². The predicted octanol–water partition coefficient (Wildman–Crippen LogP) is 5.21. The molecular formula is C25H23FO3. The highest BCUT2D eigenvalue weighted by molar-refractivity contribution is 5.82. The third-order valence-corrected chi connectivity index (χ3v) is 5.35. The first-order valence-corrected chi connectivity index (χ1v) is 9.75. The summed E-state index contributed by atoms with van der Waals surface area (Å²) in [6.07, 6.45) is 6.64. The Hall–Kier alpha value is -2.87. The van der Waals surface area contributed by atoms with Gasteiger partial charge < -0.3 is 14.2 Å². The van der Waals surface area contributed by atoms with Gasteiger partial charge in [0.25, 0.3) is 0 Å². The Labute approximate surface area is 170 Å². The fourth-order valence-electron chi connectivity index (χ4n) is 3.80. The van der Waals surface area contributed by atoms with Gasteiger partial charge in [0.05, 0.1) is 5.60 Å². The fourth-order valence-corrected chi connectivity index (χ4v) is 3.80. The van der Waals surface area contributed by atoms with Crippen molar-refractivity contribution in [2.45, 2.75) is 25.0 Å². The summed E-state index contributed by atoms with van der Waals surface area (Å²) in [4.78, 5) is 0. The van der Waals surface area contributed by atoms with Gasteiger partial charge in [-0.25, -0.2) is 4.39 Å². The van der Waals surface area contributed by atoms with Crippen molar-refractivity contribution in [3.05, 3.63) is 77.6 Å². The van der Waals surface area contributed by atoms with E-state index in [1.165, 1.54) is 17.5 Å². The van der Waals surface area contributed by atoms with E-state index >= 15 is 0 Å². The van der Waals surface area contributed by atoms with Crippen molar-refractivity contribution in [2.75, 3.05) is 19.8 Å². The molecule has 0 saturated carbocycles. The summed E-state index contributed by atoms with van der Waals surface area (Å²) in [5, 5.41) is 2.33. The molecule has 0 unspecified atom stereocenters. The topological polar surface area (TPSA) is 27.7 Å². The second-order valence-corrected chi connectivity index (χ2v) is 7.25. The van der Waals surface area contributed by atoms with Crippen molar-refractivity contribution < 1.29 is 18.6 Å². The lowest BCUT2D eigenvalue weighted by atomic mass is 9.86. The Morgan fingerprint density at radius 1 is 1.00 bits per heavy atom. The SMILES string of the molecule is C#CCOC1(c2cc(F)cc(OCc3ccc4ccccc4c3)c2)CCOCC1. The first-order chi connectivity index (χ1) is 14.2. The van der Waals surface area contributed by atoms with Crippen LogP contribution in [-0.4, -0.2) is 19.8 Å². The largest absolute Gasteiger partial charge is 0.489 e. The fraction of sp³-hybridized carbons (Fsp3) is 0.280. The van der Waals surface area contributed by atoms with Gasteiger partial charge in [-0.1, -0.05) is 42.3 Å². The number of fused-ring (bicyclic) bond motifs is 1. The molecule has 0 spiro atoms. The van der Waals surface area contributed by atoms with E-state index in [2.05, 4.69) is 30.2 Å². The summed E-state index contributed by atoms with van der Waals surface area (Å²) in [5.74, 6) is 2.63. The lowest BCUT2D eigenvalue weighted by Crippen LogP contribution is -2.37. The molecule has 1 aliphatic heterocycles. The molecule has 0 aliphatic carbocycles. The quantitative estimate of drug-likeness (QED) is 0.541. The van der Waals surface area contributed by atoms with Crippen LogP contribution >= 0.6 is 0 Å². The van der Waals surface area contributed by atoms with Gasteiger partial charge in [-0.05, 0) is 40.1 Å². The van der Waals surface area contributed by atoms with E-state index in [-0.39, 0.29) is 12.4 Å². The van der Waals surface area contributed by atoms with Crippen LogP contribution in [0.2, 0.25) is 0 Å². The molecule has 0 aromatic heterocycles. The molecular weight excluding hydrogens is 367 g/mol. The summed E-state index contributed by atoms with van der Waals surface area (Å²) in [6, 6.07) is 19.1. The first kappa shape index (κ1) is 19.4. The van der Waals surface area contributed by atoms with Crippen LogP contribution in [0.5, 0.6) is 5.75 Å². The van der Waals surface area contributed by atoms with Crippen LogP contribution in [0.3, 0.4) is 0 Å². The average Bonchev–Trinajstić information content (AvgIpc) is 2.76. The maximum Gasteiger partial charge on any atom is 0.127 e. The molecule has 0 bridgehead atoms. The number of rotatable bonds is 6. The van der Waals surface area contributed by atoms with Gasteiger partial charge in [0.2, 0.25) is 0 Å². The number of hydrogen-bond acceptors (Lipinski definition) is 3. The maximum atomic E-state index is 14.4. The molecule has 4 rings (SSSR count). The molecule has 0 N–H and O–H groups in total. The molecule has 3 aromatic carbocycles. The molecule has 3 nitrogen and oxygen atoms in total. The number of halogens is 1. The normalized spacial score (nSPS) is 15.7. The molecule has 29 heavy (non-hydrogen) atoms. The second kappa shape index (κ2) is 8.65. The van der Waals surface area contributed by atoms with Gasteiger partial charge in [-0.3, -0.25) is 0 Å². The minimum absolute atomic E-state index is 0.170. The van der Waals surface area contributed by atoms with Crippen LogP contribution in [0, 0.1) is 18.2 Å². The highest BCUT2D eigenvalue weighted by Crippen LogP contribution is 2.38. The predicted molar refractivity (Wildman–Crippen MR) is 111 cm³/mol.